The van der Waals surface area contributed by atoms with Gasteiger partial charge in [0.25, 0.3) is 6.43 Å². The molecule has 1 heterocycles. The summed E-state index contributed by atoms with van der Waals surface area (Å²) in [4.78, 5) is 3.21. The molecule has 0 aliphatic heterocycles. The number of alkyl halides is 5. The number of halogens is 5. The summed E-state index contributed by atoms with van der Waals surface area (Å²) >= 11 is 0. The molecule has 0 saturated heterocycles. The predicted molar refractivity (Wildman–Crippen MR) is 46.7 cm³/mol. The van der Waals surface area contributed by atoms with E-state index in [-0.39, 0.29) is 0 Å². The highest BCUT2D eigenvalue weighted by Crippen LogP contribution is 2.40. The Balaban J connectivity index is 3.51. The minimum Gasteiger partial charge on any atom is -0.494 e. The van der Waals surface area contributed by atoms with Gasteiger partial charge in [-0.15, -0.1) is 0 Å². The van der Waals surface area contributed by atoms with E-state index in [0.717, 1.165) is 7.11 Å². The van der Waals surface area contributed by atoms with Crippen LogP contribution in [-0.4, -0.2) is 17.2 Å². The first-order chi connectivity index (χ1) is 7.81. The maximum Gasteiger partial charge on any atom is 0.420 e. The van der Waals surface area contributed by atoms with Crippen LogP contribution in [0.1, 0.15) is 23.4 Å². The van der Waals surface area contributed by atoms with Gasteiger partial charge in [0.05, 0.1) is 19.4 Å². The lowest BCUT2D eigenvalue weighted by Crippen LogP contribution is -2.12. The number of rotatable bonds is 3. The van der Waals surface area contributed by atoms with Gasteiger partial charge in [-0.2, -0.15) is 13.2 Å². The highest BCUT2D eigenvalue weighted by molar-refractivity contribution is 5.41. The summed E-state index contributed by atoms with van der Waals surface area (Å²) in [5.74, 6) is -1.02. The van der Waals surface area contributed by atoms with Gasteiger partial charge in [0, 0.05) is 0 Å². The molecule has 0 aliphatic carbocycles. The van der Waals surface area contributed by atoms with Gasteiger partial charge in [-0.3, -0.25) is 0 Å². The number of nitrogens with zero attached hydrogens (tertiary/aromatic N) is 1. The lowest BCUT2D eigenvalue weighted by molar-refractivity contribution is -0.139. The molecular weight excluding hydrogens is 249 g/mol. The molecule has 17 heavy (non-hydrogen) atoms. The first-order valence-electron chi connectivity index (χ1n) is 4.35. The van der Waals surface area contributed by atoms with Gasteiger partial charge in [-0.1, -0.05) is 0 Å². The highest BCUT2D eigenvalue weighted by atomic mass is 19.4. The minimum atomic E-state index is -4.86. The smallest absolute Gasteiger partial charge is 0.420 e. The molecule has 3 nitrogen and oxygen atoms in total. The highest BCUT2D eigenvalue weighted by Gasteiger charge is 2.37. The van der Waals surface area contributed by atoms with Gasteiger partial charge in [-0.05, 0) is 6.07 Å². The second-order valence-corrected chi connectivity index (χ2v) is 3.04. The molecule has 0 saturated carbocycles. The van der Waals surface area contributed by atoms with Gasteiger partial charge in [0.2, 0.25) is 0 Å². The fourth-order valence-corrected chi connectivity index (χ4v) is 1.26. The largest absolute Gasteiger partial charge is 0.494 e. The molecule has 0 fully saturated rings. The van der Waals surface area contributed by atoms with Crippen molar-refractivity contribution in [2.45, 2.75) is 19.2 Å². The minimum absolute atomic E-state index is 0.477. The molecule has 0 unspecified atom stereocenters. The van der Waals surface area contributed by atoms with E-state index in [1.807, 2.05) is 0 Å². The van der Waals surface area contributed by atoms with Crippen molar-refractivity contribution in [3.63, 3.8) is 0 Å². The summed E-state index contributed by atoms with van der Waals surface area (Å²) in [6.07, 6.45) is -8.08. The van der Waals surface area contributed by atoms with Gasteiger partial charge in [0.1, 0.15) is 11.3 Å². The number of methoxy groups -OCH3 is 1. The summed E-state index contributed by atoms with van der Waals surface area (Å²) in [6.45, 7) is -0.868. The molecular formula is C9H8F5NO2. The standard InChI is InChI=1S/C9H8F5NO2/c1-17-7-5(9(12,13)14)2-4(3-16)15-6(7)8(10)11/h2,8,16H,3H2,1H3. The molecule has 0 atom stereocenters. The van der Waals surface area contributed by atoms with Crippen molar-refractivity contribution in [3.05, 3.63) is 23.0 Å². The Labute approximate surface area is 92.8 Å². The van der Waals surface area contributed by atoms with Crippen LogP contribution in [0.3, 0.4) is 0 Å². The van der Waals surface area contributed by atoms with Crippen LogP contribution in [0.25, 0.3) is 0 Å². The van der Waals surface area contributed by atoms with Gasteiger partial charge in [-0.25, -0.2) is 13.8 Å². The average molecular weight is 257 g/mol. The number of hydrogen-bond donors (Lipinski definition) is 1. The zero-order chi connectivity index (χ0) is 13.2. The van der Waals surface area contributed by atoms with E-state index >= 15 is 0 Å². The van der Waals surface area contributed by atoms with E-state index in [1.54, 1.807) is 0 Å². The Bertz CT molecular complexity index is 405. The van der Waals surface area contributed by atoms with Crippen LogP contribution in [0.2, 0.25) is 0 Å². The predicted octanol–water partition coefficient (Wildman–Crippen LogP) is 2.54. The van der Waals surface area contributed by atoms with Crippen molar-refractivity contribution < 1.29 is 31.8 Å². The van der Waals surface area contributed by atoms with E-state index in [9.17, 15) is 22.0 Å². The summed E-state index contributed by atoms with van der Waals surface area (Å²) in [7, 11) is 0.844. The third kappa shape index (κ3) is 2.82. The molecule has 0 spiro atoms. The van der Waals surface area contributed by atoms with Crippen LogP contribution < -0.4 is 4.74 Å². The van der Waals surface area contributed by atoms with Crippen molar-refractivity contribution >= 4 is 0 Å². The van der Waals surface area contributed by atoms with Crippen molar-refractivity contribution in [2.75, 3.05) is 7.11 Å². The van der Waals surface area contributed by atoms with Crippen LogP contribution in [-0.2, 0) is 12.8 Å². The maximum atomic E-state index is 12.6. The van der Waals surface area contributed by atoms with Crippen LogP contribution >= 0.6 is 0 Å². The SMILES string of the molecule is COc1c(C(F)(F)F)cc(CO)nc1C(F)F. The van der Waals surface area contributed by atoms with E-state index in [1.165, 1.54) is 0 Å². The number of pyridine rings is 1. The molecule has 1 aromatic rings. The number of aliphatic hydroxyl groups is 1. The Morgan fingerprint density at radius 2 is 2.00 bits per heavy atom. The van der Waals surface area contributed by atoms with Crippen LogP contribution in [0.4, 0.5) is 22.0 Å². The van der Waals surface area contributed by atoms with Crippen LogP contribution in [0.5, 0.6) is 5.75 Å². The molecule has 8 heteroatoms. The molecule has 96 valence electrons. The van der Waals surface area contributed by atoms with E-state index in [2.05, 4.69) is 9.72 Å². The summed E-state index contributed by atoms with van der Waals surface area (Å²) in [6, 6.07) is 0.477. The lowest BCUT2D eigenvalue weighted by atomic mass is 10.1. The molecule has 1 rings (SSSR count). The summed E-state index contributed by atoms with van der Waals surface area (Å²) in [5, 5.41) is 8.68. The number of aliphatic hydroxyl groups excluding tert-OH is 1. The molecule has 0 amide bonds. The van der Waals surface area contributed by atoms with Gasteiger partial charge >= 0.3 is 6.18 Å². The molecule has 0 bridgehead atoms. The van der Waals surface area contributed by atoms with Crippen molar-refractivity contribution in [2.24, 2.45) is 0 Å². The van der Waals surface area contributed by atoms with Crippen LogP contribution in [0.15, 0.2) is 6.07 Å². The van der Waals surface area contributed by atoms with Crippen LogP contribution in [0, 0.1) is 0 Å². The van der Waals surface area contributed by atoms with E-state index in [0.29, 0.717) is 6.07 Å². The topological polar surface area (TPSA) is 42.4 Å². The summed E-state index contributed by atoms with van der Waals surface area (Å²) < 4.78 is 67.0. The molecule has 1 aromatic heterocycles. The number of ether oxygens (including phenoxy) is 1. The van der Waals surface area contributed by atoms with Crippen molar-refractivity contribution in [1.82, 2.24) is 4.98 Å². The Hall–Kier alpha value is -1.44. The average Bonchev–Trinajstić information content (AvgIpc) is 2.25. The third-order valence-electron chi connectivity index (χ3n) is 1.93. The van der Waals surface area contributed by atoms with Crippen molar-refractivity contribution in [3.8, 4) is 5.75 Å². The Morgan fingerprint density at radius 3 is 2.35 bits per heavy atom. The lowest BCUT2D eigenvalue weighted by Gasteiger charge is -2.16. The second kappa shape index (κ2) is 4.82. The Morgan fingerprint density at radius 1 is 1.41 bits per heavy atom. The summed E-state index contributed by atoms with van der Waals surface area (Å²) in [5.41, 5.74) is -3.01. The first-order valence-corrected chi connectivity index (χ1v) is 4.35. The second-order valence-electron chi connectivity index (χ2n) is 3.04. The fraction of sp³-hybridized carbons (Fsp3) is 0.444. The van der Waals surface area contributed by atoms with E-state index < -0.39 is 41.9 Å². The normalized spacial score (nSPS) is 12.0. The maximum absolute atomic E-state index is 12.6. The fourth-order valence-electron chi connectivity index (χ4n) is 1.26. The third-order valence-corrected chi connectivity index (χ3v) is 1.93. The number of hydrogen-bond acceptors (Lipinski definition) is 3. The molecule has 0 radical (unpaired) electrons. The van der Waals surface area contributed by atoms with Gasteiger partial charge in [0.15, 0.2) is 5.75 Å². The zero-order valence-electron chi connectivity index (χ0n) is 8.55. The molecule has 1 N–H and O–H groups in total. The van der Waals surface area contributed by atoms with Gasteiger partial charge < -0.3 is 9.84 Å². The Kier molecular flexibility index (Phi) is 3.87. The number of aromatic nitrogens is 1. The molecule has 0 aliphatic rings. The van der Waals surface area contributed by atoms with Crippen molar-refractivity contribution in [1.29, 1.82) is 0 Å². The first kappa shape index (κ1) is 13.6. The molecule has 0 aromatic carbocycles. The monoisotopic (exact) mass is 257 g/mol. The zero-order valence-corrected chi connectivity index (χ0v) is 8.55. The quantitative estimate of drug-likeness (QED) is 0.846. The van der Waals surface area contributed by atoms with E-state index in [4.69, 9.17) is 5.11 Å².